The Labute approximate surface area is 121 Å². The molecule has 0 unspecified atom stereocenters. The second-order valence-corrected chi connectivity index (χ2v) is 6.69. The van der Waals surface area contributed by atoms with Gasteiger partial charge in [0.2, 0.25) is 0 Å². The largest absolute Gasteiger partial charge is 0.462 e. The van der Waals surface area contributed by atoms with Gasteiger partial charge < -0.3 is 18.6 Å². The van der Waals surface area contributed by atoms with E-state index >= 15 is 0 Å². The van der Waals surface area contributed by atoms with Crippen molar-refractivity contribution >= 4 is 26.9 Å². The van der Waals surface area contributed by atoms with E-state index in [1.807, 2.05) is 0 Å². The fourth-order valence-corrected chi connectivity index (χ4v) is 0.771. The van der Waals surface area contributed by atoms with Gasteiger partial charge in [-0.05, 0) is 13.1 Å². The lowest BCUT2D eigenvalue weighted by molar-refractivity contribution is -0.163. The Morgan fingerprint density at radius 2 is 1.25 bits per heavy atom. The van der Waals surface area contributed by atoms with Crippen molar-refractivity contribution in [1.82, 2.24) is 0 Å². The first-order chi connectivity index (χ1) is 9.18. The molecule has 0 saturated carbocycles. The minimum absolute atomic E-state index is 0.123. The Morgan fingerprint density at radius 3 is 1.45 bits per heavy atom. The van der Waals surface area contributed by atoms with Crippen molar-refractivity contribution in [1.29, 1.82) is 0 Å². The van der Waals surface area contributed by atoms with Crippen molar-refractivity contribution in [3.63, 3.8) is 0 Å². The summed E-state index contributed by atoms with van der Waals surface area (Å²) in [6.45, 7) is 7.71. The zero-order valence-corrected chi connectivity index (χ0v) is 14.1. The lowest BCUT2D eigenvalue weighted by Gasteiger charge is -2.15. The maximum Gasteiger partial charge on any atom is 0.303 e. The number of ether oxygens (including phenoxy) is 3. The Balaban J connectivity index is 0. The summed E-state index contributed by atoms with van der Waals surface area (Å²) in [7, 11) is 1.11. The highest BCUT2D eigenvalue weighted by Crippen LogP contribution is 1.97. The van der Waals surface area contributed by atoms with E-state index < -0.39 is 33.1 Å². The SMILES string of the molecule is CC(=O)OCC(COC(C)=O)OC(C)=O.CO[SiH](C)C. The molecule has 8 heteroatoms. The zero-order chi connectivity index (χ0) is 16.1. The van der Waals surface area contributed by atoms with Crippen molar-refractivity contribution in [2.75, 3.05) is 20.3 Å². The fraction of sp³-hybridized carbons (Fsp3) is 0.750. The molecule has 0 aliphatic heterocycles. The summed E-state index contributed by atoms with van der Waals surface area (Å²) in [4.78, 5) is 31.6. The van der Waals surface area contributed by atoms with Crippen molar-refractivity contribution in [2.45, 2.75) is 40.0 Å². The van der Waals surface area contributed by atoms with E-state index in [9.17, 15) is 14.4 Å². The first-order valence-electron chi connectivity index (χ1n) is 6.15. The molecule has 0 aliphatic rings. The molecule has 0 amide bonds. The molecule has 7 nitrogen and oxygen atoms in total. The standard InChI is InChI=1S/C9H14O6.C3H10OSi/c1-6(10)13-4-9(15-8(3)12)5-14-7(2)11;1-4-5(2)3/h9H,4-5H2,1-3H3;5H,1-3H3. The average Bonchev–Trinajstić information content (AvgIpc) is 2.32. The smallest absolute Gasteiger partial charge is 0.303 e. The van der Waals surface area contributed by atoms with Gasteiger partial charge in [0.05, 0.1) is 0 Å². The predicted octanol–water partition coefficient (Wildman–Crippen LogP) is 0.660. The Hall–Kier alpha value is -1.41. The fourth-order valence-electron chi connectivity index (χ4n) is 0.771. The summed E-state index contributed by atoms with van der Waals surface area (Å²) < 4.78 is 18.9. The van der Waals surface area contributed by atoms with Crippen LogP contribution in [0.3, 0.4) is 0 Å². The van der Waals surface area contributed by atoms with Crippen LogP contribution in [0.4, 0.5) is 0 Å². The molecule has 0 aliphatic carbocycles. The van der Waals surface area contributed by atoms with Crippen LogP contribution < -0.4 is 0 Å². The van der Waals surface area contributed by atoms with Crippen LogP contribution in [-0.2, 0) is 33.0 Å². The second-order valence-electron chi connectivity index (χ2n) is 4.12. The van der Waals surface area contributed by atoms with Gasteiger partial charge in [-0.1, -0.05) is 0 Å². The number of hydrogen-bond donors (Lipinski definition) is 0. The van der Waals surface area contributed by atoms with Gasteiger partial charge >= 0.3 is 17.9 Å². The maximum absolute atomic E-state index is 10.6. The van der Waals surface area contributed by atoms with E-state index in [1.165, 1.54) is 20.8 Å². The quantitative estimate of drug-likeness (QED) is 0.404. The molecule has 0 saturated heterocycles. The number of carbonyl (C=O) groups excluding carboxylic acids is 3. The van der Waals surface area contributed by atoms with Crippen molar-refractivity contribution in [3.8, 4) is 0 Å². The van der Waals surface area contributed by atoms with Gasteiger partial charge in [0.1, 0.15) is 13.2 Å². The minimum Gasteiger partial charge on any atom is -0.462 e. The van der Waals surface area contributed by atoms with E-state index in [-0.39, 0.29) is 13.2 Å². The highest BCUT2D eigenvalue weighted by Gasteiger charge is 2.15. The van der Waals surface area contributed by atoms with Gasteiger partial charge in [-0.25, -0.2) is 0 Å². The molecule has 0 bridgehead atoms. The highest BCUT2D eigenvalue weighted by molar-refractivity contribution is 6.48. The molecule has 0 heterocycles. The van der Waals surface area contributed by atoms with Gasteiger partial charge in [0.15, 0.2) is 15.1 Å². The molecular formula is C12H24O7Si. The number of rotatable bonds is 6. The van der Waals surface area contributed by atoms with Gasteiger partial charge in [0.25, 0.3) is 0 Å². The maximum atomic E-state index is 10.6. The molecule has 0 N–H and O–H groups in total. The summed E-state index contributed by atoms with van der Waals surface area (Å²) in [5.41, 5.74) is 0. The third-order valence-electron chi connectivity index (χ3n) is 1.75. The van der Waals surface area contributed by atoms with Crippen molar-refractivity contribution < 1.29 is 33.0 Å². The van der Waals surface area contributed by atoms with E-state index in [0.717, 1.165) is 0 Å². The first-order valence-corrected chi connectivity index (χ1v) is 8.93. The van der Waals surface area contributed by atoms with Gasteiger partial charge in [-0.3, -0.25) is 14.4 Å². The first kappa shape index (κ1) is 20.9. The molecule has 0 spiro atoms. The van der Waals surface area contributed by atoms with Crippen LogP contribution in [0.25, 0.3) is 0 Å². The molecule has 118 valence electrons. The van der Waals surface area contributed by atoms with Crippen LogP contribution in [0.15, 0.2) is 0 Å². The highest BCUT2D eigenvalue weighted by atomic mass is 28.3. The third kappa shape index (κ3) is 18.9. The summed E-state index contributed by atoms with van der Waals surface area (Å²) in [6, 6.07) is 0. The van der Waals surface area contributed by atoms with E-state index in [2.05, 4.69) is 22.6 Å². The van der Waals surface area contributed by atoms with Crippen LogP contribution in [-0.4, -0.2) is 53.4 Å². The Bertz CT molecular complexity index is 286. The molecule has 0 fully saturated rings. The Morgan fingerprint density at radius 1 is 0.900 bits per heavy atom. The van der Waals surface area contributed by atoms with Crippen LogP contribution in [0.5, 0.6) is 0 Å². The van der Waals surface area contributed by atoms with Crippen LogP contribution in [0.1, 0.15) is 20.8 Å². The summed E-state index contributed by atoms with van der Waals surface area (Å²) in [5, 5.41) is 0. The van der Waals surface area contributed by atoms with Crippen LogP contribution >= 0.6 is 0 Å². The minimum atomic E-state index is -0.754. The zero-order valence-electron chi connectivity index (χ0n) is 12.9. The van der Waals surface area contributed by atoms with Crippen LogP contribution in [0, 0.1) is 0 Å². The molecule has 0 aromatic rings. The second kappa shape index (κ2) is 12.6. The number of carbonyl (C=O) groups is 3. The van der Waals surface area contributed by atoms with E-state index in [4.69, 9.17) is 9.16 Å². The monoisotopic (exact) mass is 308 g/mol. The summed E-state index contributed by atoms with van der Waals surface area (Å²) in [6.07, 6.45) is -0.754. The molecule has 20 heavy (non-hydrogen) atoms. The molecule has 0 rings (SSSR count). The van der Waals surface area contributed by atoms with Gasteiger partial charge in [0, 0.05) is 27.9 Å². The van der Waals surface area contributed by atoms with Crippen molar-refractivity contribution in [3.05, 3.63) is 0 Å². The lowest BCUT2D eigenvalue weighted by Crippen LogP contribution is -2.29. The average molecular weight is 308 g/mol. The summed E-state index contributed by atoms with van der Waals surface area (Å²) in [5.74, 6) is -1.51. The lowest BCUT2D eigenvalue weighted by atomic mass is 10.4. The van der Waals surface area contributed by atoms with Crippen LogP contribution in [0.2, 0.25) is 13.1 Å². The normalized spacial score (nSPS) is 9.60. The van der Waals surface area contributed by atoms with Gasteiger partial charge in [-0.15, -0.1) is 0 Å². The Kier molecular flexibility index (Phi) is 13.2. The topological polar surface area (TPSA) is 88.1 Å². The predicted molar refractivity (Wildman–Crippen MR) is 74.7 cm³/mol. The van der Waals surface area contributed by atoms with E-state index in [1.54, 1.807) is 7.11 Å². The van der Waals surface area contributed by atoms with Gasteiger partial charge in [-0.2, -0.15) is 0 Å². The van der Waals surface area contributed by atoms with E-state index in [0.29, 0.717) is 0 Å². The third-order valence-corrected chi connectivity index (χ3v) is 2.69. The van der Waals surface area contributed by atoms with Crippen molar-refractivity contribution in [2.24, 2.45) is 0 Å². The molecule has 0 radical (unpaired) electrons. The number of hydrogen-bond acceptors (Lipinski definition) is 7. The summed E-state index contributed by atoms with van der Waals surface area (Å²) >= 11 is 0. The molecular weight excluding hydrogens is 284 g/mol. The number of esters is 3. The molecule has 0 atom stereocenters. The molecule has 0 aromatic heterocycles. The molecule has 0 aromatic carbocycles.